The Balaban J connectivity index is 1.36. The van der Waals surface area contributed by atoms with Crippen LogP contribution in [-0.4, -0.2) is 33.0 Å². The van der Waals surface area contributed by atoms with E-state index in [-0.39, 0.29) is 0 Å². The fraction of sp³-hybridized carbons (Fsp3) is 0.0182. The summed E-state index contributed by atoms with van der Waals surface area (Å²) in [4.78, 5) is 0. The molecule has 9 aromatic carbocycles. The van der Waals surface area contributed by atoms with Gasteiger partial charge in [-0.15, -0.1) is 0 Å². The Labute approximate surface area is 356 Å². The van der Waals surface area contributed by atoms with Crippen LogP contribution >= 0.6 is 0 Å². The van der Waals surface area contributed by atoms with E-state index >= 15 is 0 Å². The summed E-state index contributed by atoms with van der Waals surface area (Å²) >= 11 is 0. The lowest BCUT2D eigenvalue weighted by atomic mass is 10.2. The molecule has 0 unspecified atom stereocenters. The molecule has 0 spiro atoms. The molecule has 1 aliphatic heterocycles. The second-order valence-corrected chi connectivity index (χ2v) is 52.8. The normalized spacial score (nSPS) is 19.1. The number of aromatic nitrogens is 1. The summed E-state index contributed by atoms with van der Waals surface area (Å²) in [5.74, 6) is 0. The molecule has 1 aliphatic rings. The van der Waals surface area contributed by atoms with E-state index in [1.807, 2.05) is 0 Å². The van der Waals surface area contributed by atoms with Crippen molar-refractivity contribution in [3.8, 4) is 5.69 Å². The smallest absolute Gasteiger partial charge is 0.120 e. The third-order valence-corrected chi connectivity index (χ3v) is 94.2. The Morgan fingerprint density at radius 1 is 0.250 bits per heavy atom. The maximum Gasteiger partial charge on any atom is 0.120 e. The standard InChI is InChI=1S/C55H45NSi4/c1-57(45-24-8-2-9-25-45)58(46-26-10-3-11-27-46,47-28-12-4-13-29-47)60(50-34-18-7-19-35-50,59(57,48-30-14-5-15-31-48)49-32-16-6-17-33-49)51-42-40-44(41-43-51)56-54-38-22-20-36-52(54)53-37-21-23-39-55(53)56/h2-43H,1H3. The highest BCUT2D eigenvalue weighted by atomic mass is 30.2. The van der Waals surface area contributed by atoms with Crippen LogP contribution in [-0.2, 0) is 0 Å². The van der Waals surface area contributed by atoms with Gasteiger partial charge in [0.15, 0.2) is 0 Å². The topological polar surface area (TPSA) is 4.93 Å². The molecule has 0 radical (unpaired) electrons. The van der Waals surface area contributed by atoms with Gasteiger partial charge in [0.1, 0.15) is 21.3 Å². The average Bonchev–Trinajstić information content (AvgIpc) is 3.67. The van der Waals surface area contributed by atoms with E-state index in [2.05, 4.69) is 266 Å². The van der Waals surface area contributed by atoms with Crippen LogP contribution in [0.3, 0.4) is 0 Å². The van der Waals surface area contributed by atoms with Crippen LogP contribution in [0.5, 0.6) is 0 Å². The van der Waals surface area contributed by atoms with Crippen molar-refractivity contribution in [2.24, 2.45) is 0 Å². The van der Waals surface area contributed by atoms with Crippen LogP contribution in [0.2, 0.25) is 6.55 Å². The molecule has 0 atom stereocenters. The summed E-state index contributed by atoms with van der Waals surface area (Å²) in [6.45, 7) is 2.86. The highest BCUT2D eigenvalue weighted by Crippen LogP contribution is 2.50. The molecule has 0 bridgehead atoms. The number of para-hydroxylation sites is 2. The average molecular weight is 832 g/mol. The molecule has 1 fully saturated rings. The minimum absolute atomic E-state index is 1.20. The van der Waals surface area contributed by atoms with Gasteiger partial charge in [-0.05, 0) is 24.3 Å². The largest absolute Gasteiger partial charge is 0.309 e. The van der Waals surface area contributed by atoms with Crippen LogP contribution in [0.25, 0.3) is 27.5 Å². The highest BCUT2D eigenvalue weighted by Gasteiger charge is 2.92. The SMILES string of the molecule is C[Si]1(c2ccccc2)[Si](c2ccccc2)(c2ccccc2)[Si](c2ccccc2)(c2ccc(-n3c4ccccc4c4ccccc43)cc2)[Si]1(c1ccccc1)c1ccccc1. The molecule has 5 heteroatoms. The van der Waals surface area contributed by atoms with Crippen molar-refractivity contribution in [1.29, 1.82) is 0 Å². The third-order valence-electron chi connectivity index (χ3n) is 14.1. The van der Waals surface area contributed by atoms with Crippen LogP contribution in [0, 0.1) is 0 Å². The third kappa shape index (κ3) is 4.71. The monoisotopic (exact) mass is 831 g/mol. The molecule has 1 nitrogen and oxygen atoms in total. The second kappa shape index (κ2) is 14.4. The van der Waals surface area contributed by atoms with Gasteiger partial charge in [-0.3, -0.25) is 0 Å². The van der Waals surface area contributed by atoms with Crippen LogP contribution in [0.4, 0.5) is 0 Å². The van der Waals surface area contributed by atoms with E-state index in [4.69, 9.17) is 0 Å². The van der Waals surface area contributed by atoms with E-state index in [0.29, 0.717) is 0 Å². The molecular weight excluding hydrogens is 787 g/mol. The molecular formula is C55H45NSi4. The number of benzene rings is 9. The lowest BCUT2D eigenvalue weighted by molar-refractivity contribution is 1.18. The fourth-order valence-corrected chi connectivity index (χ4v) is 136. The van der Waals surface area contributed by atoms with E-state index in [1.54, 1.807) is 36.3 Å². The summed E-state index contributed by atoms with van der Waals surface area (Å²) in [5.41, 5.74) is 3.68. The summed E-state index contributed by atoms with van der Waals surface area (Å²) in [6.07, 6.45) is 0. The summed E-state index contributed by atoms with van der Waals surface area (Å²) in [5, 5.41) is 13.6. The molecule has 1 saturated heterocycles. The quantitative estimate of drug-likeness (QED) is 0.136. The Morgan fingerprint density at radius 3 is 0.867 bits per heavy atom. The number of fused-ring (bicyclic) bond motifs is 3. The Bertz CT molecular complexity index is 2860. The second-order valence-electron chi connectivity index (χ2n) is 16.5. The maximum absolute atomic E-state index is 3.02. The summed E-state index contributed by atoms with van der Waals surface area (Å²) < 4.78 is 2.48. The molecule has 10 aromatic rings. The maximum atomic E-state index is 2.86. The zero-order valence-electron chi connectivity index (χ0n) is 33.7. The number of nitrogens with zero attached hydrogens (tertiary/aromatic N) is 1. The first-order chi connectivity index (χ1) is 29.7. The van der Waals surface area contributed by atoms with Gasteiger partial charge in [-0.25, -0.2) is 0 Å². The molecule has 0 N–H and O–H groups in total. The summed E-state index contributed by atoms with van der Waals surface area (Å²) in [7, 11) is -11.5. The van der Waals surface area contributed by atoms with Gasteiger partial charge < -0.3 is 4.57 Å². The van der Waals surface area contributed by atoms with Crippen molar-refractivity contribution in [3.05, 3.63) is 255 Å². The van der Waals surface area contributed by atoms with E-state index in [1.165, 1.54) is 27.5 Å². The summed E-state index contributed by atoms with van der Waals surface area (Å²) in [6, 6.07) is 99.7. The Morgan fingerprint density at radius 2 is 0.517 bits per heavy atom. The molecule has 0 saturated carbocycles. The van der Waals surface area contributed by atoms with Gasteiger partial charge in [0.2, 0.25) is 0 Å². The highest BCUT2D eigenvalue weighted by molar-refractivity contribution is 8.25. The van der Waals surface area contributed by atoms with Crippen LogP contribution in [0.1, 0.15) is 0 Å². The van der Waals surface area contributed by atoms with Crippen molar-refractivity contribution in [3.63, 3.8) is 0 Å². The van der Waals surface area contributed by atoms with Crippen molar-refractivity contribution < 1.29 is 0 Å². The van der Waals surface area contributed by atoms with Crippen LogP contribution in [0.15, 0.2) is 255 Å². The number of rotatable bonds is 8. The molecule has 0 amide bonds. The first-order valence-corrected chi connectivity index (χ1v) is 33.6. The zero-order chi connectivity index (χ0) is 40.2. The van der Waals surface area contributed by atoms with Gasteiger partial charge in [0.05, 0.1) is 18.1 Å². The lowest BCUT2D eigenvalue weighted by Crippen LogP contribution is -3.23. The van der Waals surface area contributed by atoms with Gasteiger partial charge in [0, 0.05) is 16.5 Å². The number of hydrogen-bond acceptors (Lipinski definition) is 0. The van der Waals surface area contributed by atoms with Gasteiger partial charge in [-0.1, -0.05) is 273 Å². The van der Waals surface area contributed by atoms with Crippen molar-refractivity contribution in [2.45, 2.75) is 6.55 Å². The predicted octanol–water partition coefficient (Wildman–Crippen LogP) is 8.19. The molecule has 286 valence electrons. The first kappa shape index (κ1) is 36.7. The van der Waals surface area contributed by atoms with Crippen LogP contribution < -0.4 is 36.3 Å². The zero-order valence-corrected chi connectivity index (χ0v) is 37.7. The number of hydrogen-bond donors (Lipinski definition) is 0. The molecule has 60 heavy (non-hydrogen) atoms. The minimum Gasteiger partial charge on any atom is -0.309 e. The molecule has 2 heterocycles. The first-order valence-electron chi connectivity index (χ1n) is 21.1. The minimum atomic E-state index is -3.02. The van der Waals surface area contributed by atoms with E-state index in [9.17, 15) is 0 Å². The molecule has 11 rings (SSSR count). The van der Waals surface area contributed by atoms with Crippen molar-refractivity contribution >= 4 is 86.5 Å². The lowest BCUT2D eigenvalue weighted by Gasteiger charge is -2.78. The predicted molar refractivity (Wildman–Crippen MR) is 266 cm³/mol. The van der Waals surface area contributed by atoms with Crippen molar-refractivity contribution in [1.82, 2.24) is 4.57 Å². The fourth-order valence-electron chi connectivity index (χ4n) is 12.3. The van der Waals surface area contributed by atoms with Gasteiger partial charge >= 0.3 is 0 Å². The Kier molecular flexibility index (Phi) is 8.83. The Hall–Kier alpha value is -6.35. The van der Waals surface area contributed by atoms with E-state index in [0.717, 1.165) is 0 Å². The van der Waals surface area contributed by atoms with Crippen molar-refractivity contribution in [2.75, 3.05) is 0 Å². The van der Waals surface area contributed by atoms with Gasteiger partial charge in [-0.2, -0.15) is 0 Å². The van der Waals surface area contributed by atoms with Gasteiger partial charge in [0.25, 0.3) is 0 Å². The molecule has 0 aliphatic carbocycles. The van der Waals surface area contributed by atoms with E-state index < -0.39 is 28.4 Å². The molecule has 1 aromatic heterocycles.